The van der Waals surface area contributed by atoms with Gasteiger partial charge in [-0.1, -0.05) is 32.9 Å². The second kappa shape index (κ2) is 7.64. The van der Waals surface area contributed by atoms with Crippen molar-refractivity contribution < 1.29 is 28.9 Å². The predicted molar refractivity (Wildman–Crippen MR) is 137 cm³/mol. The van der Waals surface area contributed by atoms with Gasteiger partial charge in [0.25, 0.3) is 0 Å². The molecule has 8 atom stereocenters. The van der Waals surface area contributed by atoms with Crippen LogP contribution in [0.25, 0.3) is 0 Å². The monoisotopic (exact) mass is 574 g/mol. The molecule has 37 heavy (non-hydrogen) atoms. The maximum atomic E-state index is 14.7. The molecule has 1 aromatic rings. The molecule has 4 aliphatic carbocycles. The van der Waals surface area contributed by atoms with Gasteiger partial charge in [-0.3, -0.25) is 9.48 Å². The number of allylic oxidation sites excluding steroid dienone is 1. The summed E-state index contributed by atoms with van der Waals surface area (Å²) >= 11 is 3.37. The summed E-state index contributed by atoms with van der Waals surface area (Å²) in [5.41, 5.74) is -1.58. The molecule has 0 aromatic carbocycles. The van der Waals surface area contributed by atoms with Gasteiger partial charge in [0.1, 0.15) is 6.10 Å². The van der Waals surface area contributed by atoms with Gasteiger partial charge in [0.15, 0.2) is 29.0 Å². The number of hydrogen-bond donors (Lipinski definition) is 1. The number of aromatic nitrogens is 2. The lowest BCUT2D eigenvalue weighted by Gasteiger charge is -2.52. The average Bonchev–Trinajstić information content (AvgIpc) is 3.08. The quantitative estimate of drug-likeness (QED) is 0.421. The molecule has 200 valence electrons. The smallest absolute Gasteiger partial charge is 0.360 e. The molecular formula is C28H35BrN2O6. The van der Waals surface area contributed by atoms with Crippen molar-refractivity contribution in [3.8, 4) is 0 Å². The largest absolute Gasteiger partial charge is 0.450 e. The maximum absolute atomic E-state index is 14.7. The van der Waals surface area contributed by atoms with Gasteiger partial charge in [-0.15, -0.1) is 0 Å². The normalized spacial score (nSPS) is 42.9. The highest BCUT2D eigenvalue weighted by molar-refractivity contribution is 9.10. The number of fused-ring (bicyclic) bond motifs is 5. The predicted octanol–water partition coefficient (Wildman–Crippen LogP) is 3.97. The Balaban J connectivity index is 1.52. The van der Waals surface area contributed by atoms with Crippen LogP contribution < -0.4 is 0 Å². The molecule has 9 heteroatoms. The number of nitrogens with zero attached hydrogens (tertiary/aromatic N) is 2. The second-order valence-corrected chi connectivity index (χ2v) is 13.6. The van der Waals surface area contributed by atoms with Crippen LogP contribution in [0.5, 0.6) is 0 Å². The van der Waals surface area contributed by atoms with Crippen LogP contribution in [-0.4, -0.2) is 56.8 Å². The van der Waals surface area contributed by atoms with Gasteiger partial charge in [-0.2, -0.15) is 5.10 Å². The van der Waals surface area contributed by atoms with Gasteiger partial charge in [0.2, 0.25) is 0 Å². The van der Waals surface area contributed by atoms with Crippen molar-refractivity contribution in [3.05, 3.63) is 39.7 Å². The minimum atomic E-state index is -1.84. The van der Waals surface area contributed by atoms with Crippen molar-refractivity contribution >= 4 is 27.7 Å². The number of rotatable bonds is 2. The minimum absolute atomic E-state index is 0.0132. The van der Waals surface area contributed by atoms with E-state index in [9.17, 15) is 14.7 Å². The molecule has 0 amide bonds. The van der Waals surface area contributed by atoms with E-state index in [1.807, 2.05) is 19.1 Å². The molecule has 2 saturated carbocycles. The molecule has 1 aliphatic heterocycles. The lowest BCUT2D eigenvalue weighted by atomic mass is 9.59. The van der Waals surface area contributed by atoms with Crippen LogP contribution in [0.15, 0.2) is 34.0 Å². The first-order valence-electron chi connectivity index (χ1n) is 13.0. The van der Waals surface area contributed by atoms with Gasteiger partial charge in [-0.25, -0.2) is 4.79 Å². The number of aliphatic hydroxyl groups is 1. The Morgan fingerprint density at radius 3 is 2.65 bits per heavy atom. The van der Waals surface area contributed by atoms with Crippen molar-refractivity contribution in [2.75, 3.05) is 6.61 Å². The fraction of sp³-hybridized carbons (Fsp3) is 0.679. The van der Waals surface area contributed by atoms with Crippen LogP contribution in [0, 0.1) is 34.5 Å². The second-order valence-electron chi connectivity index (χ2n) is 12.8. The Bertz CT molecular complexity index is 1280. The van der Waals surface area contributed by atoms with E-state index in [1.54, 1.807) is 27.1 Å². The third kappa shape index (κ3) is 3.20. The highest BCUT2D eigenvalue weighted by Gasteiger charge is 2.77. The number of ether oxygens (including phenoxy) is 3. The molecule has 6 rings (SSSR count). The molecular weight excluding hydrogens is 540 g/mol. The van der Waals surface area contributed by atoms with Gasteiger partial charge in [0, 0.05) is 19.2 Å². The fourth-order valence-electron chi connectivity index (χ4n) is 8.06. The highest BCUT2D eigenvalue weighted by Crippen LogP contribution is 2.72. The Morgan fingerprint density at radius 2 is 2.00 bits per heavy atom. The summed E-state index contributed by atoms with van der Waals surface area (Å²) in [5, 5.41) is 17.2. The van der Waals surface area contributed by atoms with Crippen molar-refractivity contribution in [1.82, 2.24) is 9.78 Å². The Labute approximate surface area is 225 Å². The van der Waals surface area contributed by atoms with Crippen LogP contribution in [0.4, 0.5) is 0 Å². The van der Waals surface area contributed by atoms with E-state index in [0.717, 1.165) is 12.0 Å². The molecule has 1 N–H and O–H groups in total. The first-order chi connectivity index (χ1) is 17.1. The topological polar surface area (TPSA) is 99.9 Å². The van der Waals surface area contributed by atoms with E-state index in [4.69, 9.17) is 14.2 Å². The Kier molecular flexibility index (Phi) is 5.26. The minimum Gasteiger partial charge on any atom is -0.450 e. The zero-order valence-electron chi connectivity index (χ0n) is 22.4. The Morgan fingerprint density at radius 1 is 1.30 bits per heavy atom. The SMILES string of the molecule is CC1=C[C@]23C(=O)[C@@H](C=C4COC(C)(C)O[C@H]4[C@]2(O)[C@H]1OC(=O)c1nn(C)cc1Br)[C@H]1[C@@H](C[C@H]3C)C1(C)C. The van der Waals surface area contributed by atoms with Gasteiger partial charge in [-0.05, 0) is 77.4 Å². The molecule has 2 heterocycles. The molecule has 1 saturated heterocycles. The molecule has 0 unspecified atom stereocenters. The third-order valence-corrected chi connectivity index (χ3v) is 10.5. The van der Waals surface area contributed by atoms with Gasteiger partial charge in [0.05, 0.1) is 16.5 Å². The third-order valence-electron chi connectivity index (χ3n) is 9.87. The summed E-state index contributed by atoms with van der Waals surface area (Å²) in [6, 6.07) is 0. The van der Waals surface area contributed by atoms with Crippen molar-refractivity contribution in [3.63, 3.8) is 0 Å². The summed E-state index contributed by atoms with van der Waals surface area (Å²) in [5.74, 6) is -1.68. The van der Waals surface area contributed by atoms with Crippen LogP contribution in [0.2, 0.25) is 0 Å². The number of Topliss-reactive ketones (excluding diaryl/α,β-unsaturated/α-hetero) is 1. The van der Waals surface area contributed by atoms with Crippen LogP contribution >= 0.6 is 15.9 Å². The number of esters is 1. The van der Waals surface area contributed by atoms with Crippen LogP contribution in [-0.2, 0) is 26.1 Å². The lowest BCUT2D eigenvalue weighted by molar-refractivity contribution is -0.302. The first-order valence-corrected chi connectivity index (χ1v) is 13.8. The Hall–Kier alpha value is -1.81. The van der Waals surface area contributed by atoms with Crippen LogP contribution in [0.1, 0.15) is 58.5 Å². The summed E-state index contributed by atoms with van der Waals surface area (Å²) in [6.45, 7) is 12.2. The summed E-state index contributed by atoms with van der Waals surface area (Å²) in [4.78, 5) is 28.1. The van der Waals surface area contributed by atoms with E-state index < -0.39 is 35.0 Å². The van der Waals surface area contributed by atoms with E-state index in [2.05, 4.69) is 41.8 Å². The van der Waals surface area contributed by atoms with E-state index >= 15 is 0 Å². The van der Waals surface area contributed by atoms with E-state index in [1.165, 1.54) is 4.68 Å². The van der Waals surface area contributed by atoms with Crippen LogP contribution in [0.3, 0.4) is 0 Å². The van der Waals surface area contributed by atoms with Gasteiger partial charge >= 0.3 is 5.97 Å². The first kappa shape index (κ1) is 25.5. The van der Waals surface area contributed by atoms with E-state index in [0.29, 0.717) is 16.0 Å². The zero-order chi connectivity index (χ0) is 26.9. The molecule has 5 aliphatic rings. The number of carbonyl (C=O) groups excluding carboxylic acids is 2. The number of ketones is 1. The van der Waals surface area contributed by atoms with Crippen molar-refractivity contribution in [1.29, 1.82) is 0 Å². The summed E-state index contributed by atoms with van der Waals surface area (Å²) in [7, 11) is 1.71. The molecule has 3 fully saturated rings. The van der Waals surface area contributed by atoms with E-state index in [-0.39, 0.29) is 41.3 Å². The zero-order valence-corrected chi connectivity index (χ0v) is 24.0. The standard InChI is InChI=1S/C28H35BrN2O6/c1-13-10-27-14(2)8-17-19(25(17,3)4)16(21(27)32)9-15-12-35-26(5,6)37-23(15)28(27,34)22(13)36-24(33)20-18(29)11-31(7)30-20/h9-11,14,16-17,19,22-23,34H,8,12H2,1-7H3/t14-,16+,17-,19+,22+,23-,27+,28-/m1/s1. The van der Waals surface area contributed by atoms with Gasteiger partial charge < -0.3 is 19.3 Å². The lowest BCUT2D eigenvalue weighted by Crippen LogP contribution is -2.68. The summed E-state index contributed by atoms with van der Waals surface area (Å²) < 4.78 is 20.6. The number of carbonyl (C=O) groups is 2. The molecule has 8 nitrogen and oxygen atoms in total. The molecule has 1 spiro atoms. The molecule has 2 bridgehead atoms. The summed E-state index contributed by atoms with van der Waals surface area (Å²) in [6.07, 6.45) is 4.37. The number of aryl methyl sites for hydroxylation is 1. The van der Waals surface area contributed by atoms with Crippen molar-refractivity contribution in [2.45, 2.75) is 71.6 Å². The fourth-order valence-corrected chi connectivity index (χ4v) is 8.60. The maximum Gasteiger partial charge on any atom is 0.360 e. The highest BCUT2D eigenvalue weighted by atomic mass is 79.9. The number of halogens is 1. The molecule has 0 radical (unpaired) electrons. The molecule has 1 aromatic heterocycles. The van der Waals surface area contributed by atoms with Crippen molar-refractivity contribution in [2.24, 2.45) is 41.5 Å². The average molecular weight is 576 g/mol. The number of hydrogen-bond acceptors (Lipinski definition) is 7.